The molecule has 0 spiro atoms. The van der Waals surface area contributed by atoms with E-state index >= 15 is 0 Å². The van der Waals surface area contributed by atoms with Crippen molar-refractivity contribution in [1.29, 1.82) is 0 Å². The number of anilines is 1. The molecular formula is C15H22N4O3. The van der Waals surface area contributed by atoms with Crippen LogP contribution in [0, 0.1) is 0 Å². The van der Waals surface area contributed by atoms with Crippen molar-refractivity contribution >= 4 is 17.6 Å². The van der Waals surface area contributed by atoms with Gasteiger partial charge in [0.2, 0.25) is 5.91 Å². The molecule has 0 unspecified atom stereocenters. The van der Waals surface area contributed by atoms with Gasteiger partial charge in [-0.1, -0.05) is 6.07 Å². The van der Waals surface area contributed by atoms with Crippen LogP contribution in [0.25, 0.3) is 0 Å². The number of morpholine rings is 1. The average molecular weight is 306 g/mol. The summed E-state index contributed by atoms with van der Waals surface area (Å²) in [5.74, 6) is 1.10. The van der Waals surface area contributed by atoms with Gasteiger partial charge in [-0.15, -0.1) is 0 Å². The molecule has 1 aromatic rings. The molecule has 1 saturated heterocycles. The molecule has 0 bridgehead atoms. The summed E-state index contributed by atoms with van der Waals surface area (Å²) >= 11 is 0. The Morgan fingerprint density at radius 1 is 1.45 bits per heavy atom. The Labute approximate surface area is 130 Å². The normalized spacial score (nSPS) is 15.5. The molecule has 120 valence electrons. The Morgan fingerprint density at radius 2 is 2.23 bits per heavy atom. The van der Waals surface area contributed by atoms with Gasteiger partial charge in [-0.2, -0.15) is 0 Å². The van der Waals surface area contributed by atoms with E-state index < -0.39 is 0 Å². The number of carbonyl (C=O) groups is 1. The highest BCUT2D eigenvalue weighted by Crippen LogP contribution is 2.17. The van der Waals surface area contributed by atoms with Gasteiger partial charge >= 0.3 is 0 Å². The third-order valence-corrected chi connectivity index (χ3v) is 3.12. The number of carbonyl (C=O) groups excluding carboxylic acids is 1. The number of nitrogens with two attached hydrogens (primary N) is 1. The Kier molecular flexibility index (Phi) is 6.02. The molecule has 1 aromatic carbocycles. The van der Waals surface area contributed by atoms with E-state index in [1.165, 1.54) is 6.92 Å². The second-order valence-corrected chi connectivity index (χ2v) is 4.90. The lowest BCUT2D eigenvalue weighted by molar-refractivity contribution is -0.114. The first-order chi connectivity index (χ1) is 10.6. The van der Waals surface area contributed by atoms with E-state index in [1.54, 1.807) is 6.07 Å². The highest BCUT2D eigenvalue weighted by atomic mass is 16.5. The second kappa shape index (κ2) is 8.23. The number of nitrogens with one attached hydrogen (secondary N) is 1. The van der Waals surface area contributed by atoms with Crippen molar-refractivity contribution in [2.24, 2.45) is 10.7 Å². The van der Waals surface area contributed by atoms with Crippen LogP contribution in [0.2, 0.25) is 0 Å². The van der Waals surface area contributed by atoms with E-state index in [0.29, 0.717) is 43.8 Å². The Bertz CT molecular complexity index is 527. The van der Waals surface area contributed by atoms with Crippen LogP contribution in [0.15, 0.2) is 29.3 Å². The number of nitrogens with zero attached hydrogens (tertiary/aromatic N) is 2. The van der Waals surface area contributed by atoms with Crippen molar-refractivity contribution in [2.45, 2.75) is 6.92 Å². The molecule has 0 aromatic heterocycles. The number of benzene rings is 1. The fourth-order valence-corrected chi connectivity index (χ4v) is 2.08. The molecule has 1 aliphatic heterocycles. The fourth-order valence-electron chi connectivity index (χ4n) is 2.08. The minimum Gasteiger partial charge on any atom is -0.492 e. The molecule has 22 heavy (non-hydrogen) atoms. The Morgan fingerprint density at radius 3 is 2.95 bits per heavy atom. The van der Waals surface area contributed by atoms with E-state index in [-0.39, 0.29) is 5.91 Å². The number of hydrogen-bond donors (Lipinski definition) is 2. The van der Waals surface area contributed by atoms with Crippen LogP contribution in [0.4, 0.5) is 5.69 Å². The summed E-state index contributed by atoms with van der Waals surface area (Å²) in [5.41, 5.74) is 6.63. The smallest absolute Gasteiger partial charge is 0.221 e. The lowest BCUT2D eigenvalue weighted by Gasteiger charge is -2.27. The van der Waals surface area contributed by atoms with Crippen LogP contribution in [-0.4, -0.2) is 56.2 Å². The van der Waals surface area contributed by atoms with Crippen LogP contribution in [-0.2, 0) is 9.53 Å². The molecule has 7 nitrogen and oxygen atoms in total. The van der Waals surface area contributed by atoms with Gasteiger partial charge in [0.05, 0.1) is 19.8 Å². The molecule has 0 aliphatic carbocycles. The molecule has 1 heterocycles. The van der Waals surface area contributed by atoms with E-state index in [2.05, 4.69) is 10.3 Å². The Balaban J connectivity index is 1.77. The van der Waals surface area contributed by atoms with Crippen LogP contribution < -0.4 is 15.8 Å². The summed E-state index contributed by atoms with van der Waals surface area (Å²) in [7, 11) is 0. The maximum absolute atomic E-state index is 11.0. The highest BCUT2D eigenvalue weighted by Gasteiger charge is 2.11. The third-order valence-electron chi connectivity index (χ3n) is 3.12. The van der Waals surface area contributed by atoms with Crippen LogP contribution in [0.3, 0.4) is 0 Å². The quantitative estimate of drug-likeness (QED) is 0.474. The molecular weight excluding hydrogens is 284 g/mol. The summed E-state index contributed by atoms with van der Waals surface area (Å²) in [5, 5.41) is 2.71. The predicted molar refractivity (Wildman–Crippen MR) is 85.1 cm³/mol. The van der Waals surface area contributed by atoms with Gasteiger partial charge in [-0.05, 0) is 12.1 Å². The molecule has 0 radical (unpaired) electrons. The zero-order valence-corrected chi connectivity index (χ0v) is 12.7. The fraction of sp³-hybridized carbons (Fsp3) is 0.467. The van der Waals surface area contributed by atoms with E-state index in [1.807, 2.05) is 23.1 Å². The van der Waals surface area contributed by atoms with Crippen molar-refractivity contribution < 1.29 is 14.3 Å². The van der Waals surface area contributed by atoms with Crippen LogP contribution >= 0.6 is 0 Å². The predicted octanol–water partition coefficient (Wildman–Crippen LogP) is 0.671. The van der Waals surface area contributed by atoms with Crippen molar-refractivity contribution in [3.05, 3.63) is 24.3 Å². The SMILES string of the molecule is CC(=O)Nc1cccc(OCCN=C(N)N2CCOCC2)c1. The lowest BCUT2D eigenvalue weighted by atomic mass is 10.3. The van der Waals surface area contributed by atoms with Gasteiger partial charge in [0.15, 0.2) is 5.96 Å². The zero-order chi connectivity index (χ0) is 15.8. The van der Waals surface area contributed by atoms with Gasteiger partial charge in [-0.3, -0.25) is 4.79 Å². The van der Waals surface area contributed by atoms with Crippen molar-refractivity contribution in [3.8, 4) is 5.75 Å². The van der Waals surface area contributed by atoms with E-state index in [4.69, 9.17) is 15.2 Å². The molecule has 0 atom stereocenters. The summed E-state index contributed by atoms with van der Waals surface area (Å²) in [6.45, 7) is 5.29. The topological polar surface area (TPSA) is 89.2 Å². The molecule has 7 heteroatoms. The number of hydrogen-bond acceptors (Lipinski definition) is 4. The first kappa shape index (κ1) is 16.1. The van der Waals surface area contributed by atoms with Gasteiger partial charge in [0.1, 0.15) is 12.4 Å². The highest BCUT2D eigenvalue weighted by molar-refractivity contribution is 5.88. The van der Waals surface area contributed by atoms with E-state index in [9.17, 15) is 4.79 Å². The van der Waals surface area contributed by atoms with Crippen molar-refractivity contribution in [3.63, 3.8) is 0 Å². The molecule has 3 N–H and O–H groups in total. The monoisotopic (exact) mass is 306 g/mol. The van der Waals surface area contributed by atoms with Gasteiger partial charge in [-0.25, -0.2) is 4.99 Å². The molecule has 1 amide bonds. The number of amides is 1. The van der Waals surface area contributed by atoms with Crippen LogP contribution in [0.5, 0.6) is 5.75 Å². The molecule has 1 fully saturated rings. The van der Waals surface area contributed by atoms with Crippen LogP contribution in [0.1, 0.15) is 6.92 Å². The lowest BCUT2D eigenvalue weighted by Crippen LogP contribution is -2.45. The minimum absolute atomic E-state index is 0.111. The zero-order valence-electron chi connectivity index (χ0n) is 12.7. The Hall–Kier alpha value is -2.28. The number of rotatable bonds is 5. The maximum atomic E-state index is 11.0. The summed E-state index contributed by atoms with van der Waals surface area (Å²) < 4.78 is 10.9. The largest absolute Gasteiger partial charge is 0.492 e. The first-order valence-corrected chi connectivity index (χ1v) is 7.28. The number of ether oxygens (including phenoxy) is 2. The van der Waals surface area contributed by atoms with Crippen molar-refractivity contribution in [1.82, 2.24) is 4.90 Å². The summed E-state index contributed by atoms with van der Waals surface area (Å²) in [6, 6.07) is 7.24. The molecule has 2 rings (SSSR count). The van der Waals surface area contributed by atoms with Crippen molar-refractivity contribution in [2.75, 3.05) is 44.8 Å². The minimum atomic E-state index is -0.111. The van der Waals surface area contributed by atoms with E-state index in [0.717, 1.165) is 13.1 Å². The maximum Gasteiger partial charge on any atom is 0.221 e. The second-order valence-electron chi connectivity index (χ2n) is 4.90. The standard InChI is InChI=1S/C15H22N4O3/c1-12(20)18-13-3-2-4-14(11-13)22-8-5-17-15(16)19-6-9-21-10-7-19/h2-4,11H,5-10H2,1H3,(H2,16,17)(H,18,20). The van der Waals surface area contributed by atoms with Gasteiger partial charge < -0.3 is 25.4 Å². The molecule has 1 aliphatic rings. The van der Waals surface area contributed by atoms with Gasteiger partial charge in [0.25, 0.3) is 0 Å². The third kappa shape index (κ3) is 5.25. The first-order valence-electron chi connectivity index (χ1n) is 7.28. The average Bonchev–Trinajstić information content (AvgIpc) is 2.52. The summed E-state index contributed by atoms with van der Waals surface area (Å²) in [6.07, 6.45) is 0. The number of aliphatic imine (C=N–C) groups is 1. The summed E-state index contributed by atoms with van der Waals surface area (Å²) in [4.78, 5) is 17.3. The number of guanidine groups is 1. The van der Waals surface area contributed by atoms with Gasteiger partial charge in [0, 0.05) is 31.8 Å². The molecule has 0 saturated carbocycles.